The Morgan fingerprint density at radius 3 is 2.87 bits per heavy atom. The molecule has 1 heterocycles. The molecule has 0 fully saturated rings. The summed E-state index contributed by atoms with van der Waals surface area (Å²) < 4.78 is 6.97. The third-order valence-electron chi connectivity index (χ3n) is 2.45. The van der Waals surface area contributed by atoms with Crippen LogP contribution < -0.4 is 11.3 Å². The van der Waals surface area contributed by atoms with E-state index in [4.69, 9.17) is 10.6 Å². The molecule has 0 aromatic carbocycles. The molecule has 15 heavy (non-hydrogen) atoms. The largest absolute Gasteiger partial charge is 0.383 e. The van der Waals surface area contributed by atoms with Gasteiger partial charge >= 0.3 is 0 Å². The molecule has 86 valence electrons. The van der Waals surface area contributed by atoms with E-state index >= 15 is 0 Å². The molecule has 0 amide bonds. The monoisotopic (exact) mass is 212 g/mol. The van der Waals surface area contributed by atoms with Crippen molar-refractivity contribution in [2.45, 2.75) is 25.8 Å². The molecule has 1 rings (SSSR count). The summed E-state index contributed by atoms with van der Waals surface area (Å²) in [6.07, 6.45) is 1.78. The second-order valence-electron chi connectivity index (χ2n) is 3.63. The van der Waals surface area contributed by atoms with Crippen LogP contribution in [-0.2, 0) is 24.6 Å². The Morgan fingerprint density at radius 2 is 2.40 bits per heavy atom. The molecule has 3 N–H and O–H groups in total. The molecule has 0 saturated heterocycles. The van der Waals surface area contributed by atoms with Gasteiger partial charge in [-0.3, -0.25) is 16.0 Å². The zero-order chi connectivity index (χ0) is 11.3. The van der Waals surface area contributed by atoms with Crippen LogP contribution in [0.3, 0.4) is 0 Å². The number of methoxy groups -OCH3 is 1. The smallest absolute Gasteiger partial charge is 0.0633 e. The van der Waals surface area contributed by atoms with Gasteiger partial charge in [-0.05, 0) is 12.5 Å². The normalized spacial score (nSPS) is 13.1. The van der Waals surface area contributed by atoms with Crippen LogP contribution in [0, 0.1) is 0 Å². The van der Waals surface area contributed by atoms with Gasteiger partial charge in [-0.1, -0.05) is 6.92 Å². The first kappa shape index (κ1) is 12.2. The fourth-order valence-corrected chi connectivity index (χ4v) is 1.55. The van der Waals surface area contributed by atoms with Gasteiger partial charge in [0.25, 0.3) is 0 Å². The second kappa shape index (κ2) is 5.85. The number of aromatic nitrogens is 2. The molecule has 1 aromatic heterocycles. The van der Waals surface area contributed by atoms with E-state index in [0.717, 1.165) is 18.5 Å². The first-order valence-electron chi connectivity index (χ1n) is 5.18. The summed E-state index contributed by atoms with van der Waals surface area (Å²) in [7, 11) is 3.62. The number of ether oxygens (including phenoxy) is 1. The standard InChI is InChI=1S/C10H20N4O/c1-4-8-5-10(14(2)13-8)6-9(12-11)7-15-3/h5,9,12H,4,6-7,11H2,1-3H3. The van der Waals surface area contributed by atoms with Gasteiger partial charge in [-0.25, -0.2) is 0 Å². The maximum atomic E-state index is 5.44. The highest BCUT2D eigenvalue weighted by Gasteiger charge is 2.11. The average molecular weight is 212 g/mol. The van der Waals surface area contributed by atoms with Crippen LogP contribution in [0.5, 0.6) is 0 Å². The lowest BCUT2D eigenvalue weighted by molar-refractivity contribution is 0.165. The number of hydrogen-bond donors (Lipinski definition) is 2. The SMILES string of the molecule is CCc1cc(CC(COC)NN)n(C)n1. The Balaban J connectivity index is 2.65. The van der Waals surface area contributed by atoms with Gasteiger partial charge in [-0.2, -0.15) is 5.10 Å². The van der Waals surface area contributed by atoms with E-state index in [1.165, 1.54) is 5.69 Å². The van der Waals surface area contributed by atoms with E-state index in [9.17, 15) is 0 Å². The second-order valence-corrected chi connectivity index (χ2v) is 3.63. The Kier molecular flexibility index (Phi) is 4.74. The lowest BCUT2D eigenvalue weighted by Crippen LogP contribution is -2.40. The summed E-state index contributed by atoms with van der Waals surface area (Å²) in [4.78, 5) is 0. The number of nitrogens with one attached hydrogen (secondary N) is 1. The summed E-state index contributed by atoms with van der Waals surface area (Å²) in [5.41, 5.74) is 5.02. The number of hydrogen-bond acceptors (Lipinski definition) is 4. The first-order chi connectivity index (χ1) is 7.21. The van der Waals surface area contributed by atoms with Crippen LogP contribution in [0.15, 0.2) is 6.07 Å². The Bertz CT molecular complexity index is 298. The van der Waals surface area contributed by atoms with Crippen molar-refractivity contribution in [3.05, 3.63) is 17.5 Å². The molecule has 0 radical (unpaired) electrons. The summed E-state index contributed by atoms with van der Waals surface area (Å²) in [6, 6.07) is 2.25. The fourth-order valence-electron chi connectivity index (χ4n) is 1.55. The summed E-state index contributed by atoms with van der Waals surface area (Å²) in [5.74, 6) is 5.44. The van der Waals surface area contributed by atoms with Crippen molar-refractivity contribution >= 4 is 0 Å². The van der Waals surface area contributed by atoms with Crippen LogP contribution in [0.25, 0.3) is 0 Å². The van der Waals surface area contributed by atoms with Crippen molar-refractivity contribution in [2.75, 3.05) is 13.7 Å². The number of nitrogens with zero attached hydrogens (tertiary/aromatic N) is 2. The van der Waals surface area contributed by atoms with Gasteiger partial charge in [0.1, 0.15) is 0 Å². The molecule has 0 aliphatic carbocycles. The molecule has 1 atom stereocenters. The Hall–Kier alpha value is -0.910. The third kappa shape index (κ3) is 3.30. The molecule has 1 unspecified atom stereocenters. The van der Waals surface area contributed by atoms with Crippen molar-refractivity contribution in [1.29, 1.82) is 0 Å². The molecule has 0 aliphatic heterocycles. The van der Waals surface area contributed by atoms with Gasteiger partial charge in [0.05, 0.1) is 12.3 Å². The van der Waals surface area contributed by atoms with Crippen LogP contribution >= 0.6 is 0 Å². The van der Waals surface area contributed by atoms with E-state index < -0.39 is 0 Å². The van der Waals surface area contributed by atoms with Crippen molar-refractivity contribution in [3.8, 4) is 0 Å². The van der Waals surface area contributed by atoms with Crippen LogP contribution in [0.4, 0.5) is 0 Å². The van der Waals surface area contributed by atoms with E-state index in [1.807, 2.05) is 11.7 Å². The summed E-state index contributed by atoms with van der Waals surface area (Å²) in [6.45, 7) is 2.70. The topological polar surface area (TPSA) is 65.1 Å². The predicted molar refractivity (Wildman–Crippen MR) is 59.3 cm³/mol. The molecule has 0 spiro atoms. The number of rotatable bonds is 6. The van der Waals surface area contributed by atoms with Crippen molar-refractivity contribution in [2.24, 2.45) is 12.9 Å². The number of hydrazine groups is 1. The molecule has 5 heteroatoms. The lowest BCUT2D eigenvalue weighted by Gasteiger charge is -2.14. The molecule has 0 bridgehead atoms. The van der Waals surface area contributed by atoms with Crippen LogP contribution in [-0.4, -0.2) is 29.5 Å². The highest BCUT2D eigenvalue weighted by molar-refractivity contribution is 5.11. The van der Waals surface area contributed by atoms with E-state index in [1.54, 1.807) is 7.11 Å². The molecular weight excluding hydrogens is 192 g/mol. The fraction of sp³-hybridized carbons (Fsp3) is 0.700. The van der Waals surface area contributed by atoms with Gasteiger partial charge in [0.15, 0.2) is 0 Å². The van der Waals surface area contributed by atoms with Gasteiger partial charge < -0.3 is 4.74 Å². The predicted octanol–water partition coefficient (Wildman–Crippen LogP) is 0.00330. The zero-order valence-electron chi connectivity index (χ0n) is 9.66. The molecule has 5 nitrogen and oxygen atoms in total. The van der Waals surface area contributed by atoms with E-state index in [0.29, 0.717) is 6.61 Å². The van der Waals surface area contributed by atoms with Gasteiger partial charge in [-0.15, -0.1) is 0 Å². The highest BCUT2D eigenvalue weighted by Crippen LogP contribution is 2.06. The molecule has 0 aliphatic rings. The minimum atomic E-state index is 0.134. The maximum absolute atomic E-state index is 5.44. The molecular formula is C10H20N4O. The average Bonchev–Trinajstić information content (AvgIpc) is 2.59. The third-order valence-corrected chi connectivity index (χ3v) is 2.45. The van der Waals surface area contributed by atoms with Crippen molar-refractivity contribution in [1.82, 2.24) is 15.2 Å². The lowest BCUT2D eigenvalue weighted by atomic mass is 10.1. The summed E-state index contributed by atoms with van der Waals surface area (Å²) >= 11 is 0. The van der Waals surface area contributed by atoms with E-state index in [-0.39, 0.29) is 6.04 Å². The van der Waals surface area contributed by atoms with Gasteiger partial charge in [0, 0.05) is 32.3 Å². The van der Waals surface area contributed by atoms with E-state index in [2.05, 4.69) is 23.5 Å². The maximum Gasteiger partial charge on any atom is 0.0633 e. The Morgan fingerprint density at radius 1 is 1.67 bits per heavy atom. The highest BCUT2D eigenvalue weighted by atomic mass is 16.5. The molecule has 1 aromatic rings. The molecule has 0 saturated carbocycles. The number of nitrogens with two attached hydrogens (primary N) is 1. The minimum absolute atomic E-state index is 0.134. The number of aryl methyl sites for hydroxylation is 2. The zero-order valence-corrected chi connectivity index (χ0v) is 9.66. The van der Waals surface area contributed by atoms with Crippen molar-refractivity contribution in [3.63, 3.8) is 0 Å². The van der Waals surface area contributed by atoms with Crippen molar-refractivity contribution < 1.29 is 4.74 Å². The minimum Gasteiger partial charge on any atom is -0.383 e. The quantitative estimate of drug-likeness (QED) is 0.515. The van der Waals surface area contributed by atoms with Gasteiger partial charge in [0.2, 0.25) is 0 Å². The van der Waals surface area contributed by atoms with Crippen LogP contribution in [0.1, 0.15) is 18.3 Å². The van der Waals surface area contributed by atoms with Crippen LogP contribution in [0.2, 0.25) is 0 Å². The summed E-state index contributed by atoms with van der Waals surface area (Å²) in [5, 5.41) is 4.38. The Labute approximate surface area is 90.6 Å². The first-order valence-corrected chi connectivity index (χ1v) is 5.18.